The Bertz CT molecular complexity index is 949. The van der Waals surface area contributed by atoms with Crippen LogP contribution in [0.1, 0.15) is 24.5 Å². The van der Waals surface area contributed by atoms with Crippen molar-refractivity contribution in [1.29, 1.82) is 0 Å². The number of aromatic nitrogens is 2. The van der Waals surface area contributed by atoms with Crippen molar-refractivity contribution in [3.8, 4) is 6.01 Å². The highest BCUT2D eigenvalue weighted by molar-refractivity contribution is 8.14. The molecule has 0 aliphatic heterocycles. The molecule has 1 heterocycles. The molecule has 0 aliphatic carbocycles. The third-order valence-electron chi connectivity index (χ3n) is 3.87. The smallest absolute Gasteiger partial charge is 0.318 e. The van der Waals surface area contributed by atoms with Gasteiger partial charge >= 0.3 is 6.01 Å². The minimum absolute atomic E-state index is 0.0547. The number of hydrogen-bond donors (Lipinski definition) is 1. The van der Waals surface area contributed by atoms with Crippen molar-refractivity contribution in [2.24, 2.45) is 4.99 Å². The van der Waals surface area contributed by atoms with Gasteiger partial charge < -0.3 is 10.1 Å². The molecule has 0 aliphatic rings. The van der Waals surface area contributed by atoms with Crippen molar-refractivity contribution < 1.29 is 9.13 Å². The molecule has 3 aromatic rings. The molecule has 0 saturated carbocycles. The Kier molecular flexibility index (Phi) is 7.58. The number of nitrogens with one attached hydrogen (secondary N) is 1. The number of rotatable bonds is 7. The number of para-hydroxylation sites is 1. The number of halogens is 1. The Morgan fingerprint density at radius 3 is 2.62 bits per heavy atom. The molecule has 1 N–H and O–H groups in total. The summed E-state index contributed by atoms with van der Waals surface area (Å²) in [5.41, 5.74) is 3.03. The number of anilines is 1. The van der Waals surface area contributed by atoms with Gasteiger partial charge in [-0.3, -0.25) is 0 Å². The molecule has 150 valence electrons. The first kappa shape index (κ1) is 20.8. The van der Waals surface area contributed by atoms with E-state index in [0.29, 0.717) is 11.8 Å². The Balaban J connectivity index is 1.77. The SMILES string of the molecule is CCCSC(=Nc1nc(OCc2ccc(C)cc2)ncc1F)Nc1ccccc1. The van der Waals surface area contributed by atoms with Gasteiger partial charge in [-0.2, -0.15) is 4.98 Å². The van der Waals surface area contributed by atoms with Gasteiger partial charge in [-0.05, 0) is 31.0 Å². The molecule has 0 amide bonds. The van der Waals surface area contributed by atoms with Crippen LogP contribution in [0.4, 0.5) is 15.9 Å². The Morgan fingerprint density at radius 1 is 1.14 bits per heavy atom. The number of nitrogens with zero attached hydrogens (tertiary/aromatic N) is 3. The summed E-state index contributed by atoms with van der Waals surface area (Å²) in [4.78, 5) is 12.4. The average Bonchev–Trinajstić information content (AvgIpc) is 2.74. The minimum atomic E-state index is -0.600. The van der Waals surface area contributed by atoms with E-state index >= 15 is 0 Å². The summed E-state index contributed by atoms with van der Waals surface area (Å²) in [7, 11) is 0. The highest BCUT2D eigenvalue weighted by atomic mass is 32.2. The van der Waals surface area contributed by atoms with Crippen molar-refractivity contribution >= 4 is 28.4 Å². The van der Waals surface area contributed by atoms with Crippen LogP contribution in [0.25, 0.3) is 0 Å². The van der Waals surface area contributed by atoms with E-state index in [1.165, 1.54) is 17.3 Å². The summed E-state index contributed by atoms with van der Waals surface area (Å²) in [6, 6.07) is 17.7. The fourth-order valence-corrected chi connectivity index (χ4v) is 3.10. The van der Waals surface area contributed by atoms with Gasteiger partial charge in [0.25, 0.3) is 0 Å². The molecular formula is C22H23FN4OS. The zero-order valence-corrected chi connectivity index (χ0v) is 17.2. The highest BCUT2D eigenvalue weighted by Gasteiger charge is 2.10. The predicted octanol–water partition coefficient (Wildman–Crippen LogP) is 5.75. The van der Waals surface area contributed by atoms with Crippen molar-refractivity contribution in [1.82, 2.24) is 9.97 Å². The maximum absolute atomic E-state index is 14.3. The van der Waals surface area contributed by atoms with Gasteiger partial charge in [-0.25, -0.2) is 14.4 Å². The summed E-state index contributed by atoms with van der Waals surface area (Å²) in [6.45, 7) is 4.40. The van der Waals surface area contributed by atoms with E-state index in [2.05, 4.69) is 27.2 Å². The van der Waals surface area contributed by atoms with Crippen LogP contribution in [-0.4, -0.2) is 20.9 Å². The molecule has 0 saturated heterocycles. The molecule has 3 rings (SSSR count). The zero-order valence-electron chi connectivity index (χ0n) is 16.4. The lowest BCUT2D eigenvalue weighted by Crippen LogP contribution is -2.09. The lowest BCUT2D eigenvalue weighted by molar-refractivity contribution is 0.279. The number of benzene rings is 2. The number of thioether (sulfide) groups is 1. The van der Waals surface area contributed by atoms with Crippen LogP contribution in [0.15, 0.2) is 65.8 Å². The molecule has 1 aromatic heterocycles. The first-order valence-electron chi connectivity index (χ1n) is 9.38. The quantitative estimate of drug-likeness (QED) is 0.397. The van der Waals surface area contributed by atoms with E-state index in [9.17, 15) is 4.39 Å². The van der Waals surface area contributed by atoms with Crippen LogP contribution in [0, 0.1) is 12.7 Å². The Morgan fingerprint density at radius 2 is 1.90 bits per heavy atom. The summed E-state index contributed by atoms with van der Waals surface area (Å²) in [5.74, 6) is 0.195. The maximum atomic E-state index is 14.3. The summed E-state index contributed by atoms with van der Waals surface area (Å²) >= 11 is 1.51. The first-order valence-corrected chi connectivity index (χ1v) is 10.4. The second-order valence-electron chi connectivity index (χ2n) is 6.35. The van der Waals surface area contributed by atoms with Gasteiger partial charge in [-0.15, -0.1) is 0 Å². The third-order valence-corrected chi connectivity index (χ3v) is 4.95. The minimum Gasteiger partial charge on any atom is -0.459 e. The number of ether oxygens (including phenoxy) is 1. The van der Waals surface area contributed by atoms with E-state index in [-0.39, 0.29) is 11.8 Å². The van der Waals surface area contributed by atoms with Crippen LogP contribution >= 0.6 is 11.8 Å². The summed E-state index contributed by atoms with van der Waals surface area (Å²) in [5, 5.41) is 3.79. The monoisotopic (exact) mass is 410 g/mol. The first-order chi connectivity index (χ1) is 14.1. The van der Waals surface area contributed by atoms with Gasteiger partial charge in [0, 0.05) is 11.4 Å². The maximum Gasteiger partial charge on any atom is 0.318 e. The molecule has 5 nitrogen and oxygen atoms in total. The van der Waals surface area contributed by atoms with Gasteiger partial charge in [0.1, 0.15) is 6.61 Å². The standard InChI is InChI=1S/C22H23FN4OS/c1-3-13-29-22(25-18-7-5-4-6-8-18)27-20-19(23)14-24-21(26-20)28-15-17-11-9-16(2)10-12-17/h4-12,14H,3,13,15H2,1-2H3,(H,24,25,26,27). The molecule has 0 bridgehead atoms. The largest absolute Gasteiger partial charge is 0.459 e. The highest BCUT2D eigenvalue weighted by Crippen LogP contribution is 2.21. The molecule has 0 radical (unpaired) electrons. The zero-order chi connectivity index (χ0) is 20.5. The predicted molar refractivity (Wildman–Crippen MR) is 117 cm³/mol. The van der Waals surface area contributed by atoms with E-state index in [1.807, 2.05) is 61.5 Å². The van der Waals surface area contributed by atoms with E-state index in [4.69, 9.17) is 4.74 Å². The van der Waals surface area contributed by atoms with Gasteiger partial charge in [-0.1, -0.05) is 66.7 Å². The van der Waals surface area contributed by atoms with Crippen molar-refractivity contribution in [3.05, 3.63) is 77.7 Å². The molecule has 7 heteroatoms. The Hall–Kier alpha value is -2.93. The average molecular weight is 411 g/mol. The second-order valence-corrected chi connectivity index (χ2v) is 7.44. The summed E-state index contributed by atoms with van der Waals surface area (Å²) < 4.78 is 19.9. The van der Waals surface area contributed by atoms with E-state index in [1.54, 1.807) is 0 Å². The van der Waals surface area contributed by atoms with Crippen LogP contribution in [0.3, 0.4) is 0 Å². The Labute approximate surface area is 174 Å². The molecule has 0 spiro atoms. The normalized spacial score (nSPS) is 11.3. The lowest BCUT2D eigenvalue weighted by Gasteiger charge is -2.10. The number of hydrogen-bond acceptors (Lipinski definition) is 5. The lowest BCUT2D eigenvalue weighted by atomic mass is 10.2. The molecule has 2 aromatic carbocycles. The molecule has 0 fully saturated rings. The second kappa shape index (κ2) is 10.6. The molecule has 0 atom stereocenters. The van der Waals surface area contributed by atoms with Crippen molar-refractivity contribution in [2.45, 2.75) is 26.9 Å². The van der Waals surface area contributed by atoms with Gasteiger partial charge in [0.05, 0.1) is 6.20 Å². The van der Waals surface area contributed by atoms with Crippen LogP contribution < -0.4 is 10.1 Å². The fourth-order valence-electron chi connectivity index (χ4n) is 2.36. The molecular weight excluding hydrogens is 387 g/mol. The van der Waals surface area contributed by atoms with Crippen molar-refractivity contribution in [3.63, 3.8) is 0 Å². The van der Waals surface area contributed by atoms with Crippen LogP contribution in [0.5, 0.6) is 6.01 Å². The van der Waals surface area contributed by atoms with Crippen molar-refractivity contribution in [2.75, 3.05) is 11.1 Å². The molecule has 0 unspecified atom stereocenters. The van der Waals surface area contributed by atoms with E-state index < -0.39 is 5.82 Å². The number of amidine groups is 1. The number of aliphatic imine (C=N–C) groups is 1. The van der Waals surface area contributed by atoms with Gasteiger partial charge in [0.2, 0.25) is 0 Å². The molecule has 29 heavy (non-hydrogen) atoms. The topological polar surface area (TPSA) is 59.4 Å². The van der Waals surface area contributed by atoms with Crippen LogP contribution in [-0.2, 0) is 6.61 Å². The van der Waals surface area contributed by atoms with Crippen LogP contribution in [0.2, 0.25) is 0 Å². The van der Waals surface area contributed by atoms with Gasteiger partial charge in [0.15, 0.2) is 16.8 Å². The summed E-state index contributed by atoms with van der Waals surface area (Å²) in [6.07, 6.45) is 2.05. The van der Waals surface area contributed by atoms with E-state index in [0.717, 1.165) is 29.6 Å². The third kappa shape index (κ3) is 6.57. The number of aryl methyl sites for hydroxylation is 1. The fraction of sp³-hybridized carbons (Fsp3) is 0.227.